The Bertz CT molecular complexity index is 384. The second kappa shape index (κ2) is 6.71. The maximum Gasteiger partial charge on any atom is 0.381 e. The van der Waals surface area contributed by atoms with E-state index in [9.17, 15) is 18.4 Å². The second-order valence-corrected chi connectivity index (χ2v) is 6.66. The van der Waals surface area contributed by atoms with E-state index in [0.29, 0.717) is 6.42 Å². The molecule has 21 heavy (non-hydrogen) atoms. The van der Waals surface area contributed by atoms with Crippen molar-refractivity contribution >= 4 is 11.9 Å². The predicted octanol–water partition coefficient (Wildman–Crippen LogP) is 3.72. The van der Waals surface area contributed by atoms with E-state index in [2.05, 4.69) is 0 Å². The van der Waals surface area contributed by atoms with Gasteiger partial charge in [-0.3, -0.25) is 4.79 Å². The molecule has 0 aromatic rings. The van der Waals surface area contributed by atoms with Gasteiger partial charge in [0.25, 0.3) is 0 Å². The van der Waals surface area contributed by atoms with Crippen LogP contribution in [0.15, 0.2) is 0 Å². The zero-order valence-corrected chi connectivity index (χ0v) is 13.9. The Morgan fingerprint density at radius 3 is 1.81 bits per heavy atom. The normalized spacial score (nSPS) is 14.5. The van der Waals surface area contributed by atoms with Gasteiger partial charge in [0, 0.05) is 0 Å². The molecule has 1 unspecified atom stereocenters. The lowest BCUT2D eigenvalue weighted by atomic mass is 9.90. The lowest BCUT2D eigenvalue weighted by Crippen LogP contribution is -2.48. The molecule has 0 aliphatic carbocycles. The van der Waals surface area contributed by atoms with Gasteiger partial charge in [-0.15, -0.1) is 0 Å². The summed E-state index contributed by atoms with van der Waals surface area (Å²) < 4.78 is 37.8. The largest absolute Gasteiger partial charge is 0.455 e. The van der Waals surface area contributed by atoms with Crippen LogP contribution in [0.2, 0.25) is 0 Å². The summed E-state index contributed by atoms with van der Waals surface area (Å²) in [4.78, 5) is 23.5. The Balaban J connectivity index is 5.09. The Morgan fingerprint density at radius 1 is 1.00 bits per heavy atom. The molecule has 0 aliphatic rings. The number of esters is 2. The fourth-order valence-corrected chi connectivity index (χ4v) is 1.32. The molecule has 0 saturated heterocycles. The van der Waals surface area contributed by atoms with Crippen LogP contribution in [-0.4, -0.2) is 29.6 Å². The van der Waals surface area contributed by atoms with Crippen LogP contribution >= 0.6 is 0 Å². The smallest absolute Gasteiger partial charge is 0.381 e. The van der Waals surface area contributed by atoms with Gasteiger partial charge in [0.05, 0.1) is 5.41 Å². The molecular formula is C15H26F2O4. The van der Waals surface area contributed by atoms with Crippen LogP contribution in [-0.2, 0) is 19.1 Å². The van der Waals surface area contributed by atoms with Gasteiger partial charge < -0.3 is 9.47 Å². The maximum absolute atomic E-state index is 14.1. The van der Waals surface area contributed by atoms with E-state index in [1.165, 1.54) is 27.7 Å². The topological polar surface area (TPSA) is 52.6 Å². The summed E-state index contributed by atoms with van der Waals surface area (Å²) in [5, 5.41) is 0. The average molecular weight is 308 g/mol. The van der Waals surface area contributed by atoms with Gasteiger partial charge in [-0.2, -0.15) is 8.78 Å². The van der Waals surface area contributed by atoms with Gasteiger partial charge in [-0.25, -0.2) is 4.79 Å². The molecule has 0 aliphatic heterocycles. The SMILES string of the molecule is CCC(OC(=O)C(C)(C)CC)C(F)(F)C(=O)OC(C)(C)C. The summed E-state index contributed by atoms with van der Waals surface area (Å²) in [6, 6.07) is 0. The zero-order chi connectivity index (χ0) is 17.1. The van der Waals surface area contributed by atoms with E-state index >= 15 is 0 Å². The molecule has 1 atom stereocenters. The molecule has 0 N–H and O–H groups in total. The van der Waals surface area contributed by atoms with Gasteiger partial charge in [0.2, 0.25) is 0 Å². The van der Waals surface area contributed by atoms with Crippen LogP contribution in [0.25, 0.3) is 0 Å². The summed E-state index contributed by atoms with van der Waals surface area (Å²) in [6.45, 7) is 10.9. The van der Waals surface area contributed by atoms with Crippen LogP contribution in [0.5, 0.6) is 0 Å². The molecule has 0 bridgehead atoms. The van der Waals surface area contributed by atoms with E-state index in [-0.39, 0.29) is 6.42 Å². The maximum atomic E-state index is 14.1. The van der Waals surface area contributed by atoms with Crippen LogP contribution in [0.3, 0.4) is 0 Å². The summed E-state index contributed by atoms with van der Waals surface area (Å²) >= 11 is 0. The van der Waals surface area contributed by atoms with Crippen LogP contribution in [0, 0.1) is 5.41 Å². The molecule has 124 valence electrons. The molecule has 0 rings (SSSR count). The highest BCUT2D eigenvalue weighted by Gasteiger charge is 2.52. The number of carbonyl (C=O) groups excluding carboxylic acids is 2. The highest BCUT2D eigenvalue weighted by Crippen LogP contribution is 2.31. The van der Waals surface area contributed by atoms with Crippen molar-refractivity contribution in [3.8, 4) is 0 Å². The van der Waals surface area contributed by atoms with Crippen molar-refractivity contribution in [1.82, 2.24) is 0 Å². The molecule has 0 aromatic carbocycles. The fourth-order valence-electron chi connectivity index (χ4n) is 1.32. The molecular weight excluding hydrogens is 282 g/mol. The number of alkyl halides is 2. The number of hydrogen-bond acceptors (Lipinski definition) is 4. The summed E-state index contributed by atoms with van der Waals surface area (Å²) in [5.41, 5.74) is -1.91. The van der Waals surface area contributed by atoms with E-state index in [1.807, 2.05) is 0 Å². The Hall–Kier alpha value is -1.20. The first-order valence-electron chi connectivity index (χ1n) is 7.10. The lowest BCUT2D eigenvalue weighted by molar-refractivity contribution is -0.209. The Morgan fingerprint density at radius 2 is 1.48 bits per heavy atom. The van der Waals surface area contributed by atoms with Gasteiger partial charge in [0.1, 0.15) is 5.60 Å². The number of carbonyl (C=O) groups is 2. The Labute approximate surface area is 125 Å². The van der Waals surface area contributed by atoms with E-state index < -0.39 is 35.0 Å². The third-order valence-corrected chi connectivity index (χ3v) is 3.13. The molecule has 0 saturated carbocycles. The van der Waals surface area contributed by atoms with Crippen molar-refractivity contribution in [2.45, 2.75) is 78.9 Å². The minimum absolute atomic E-state index is 0.183. The van der Waals surface area contributed by atoms with Gasteiger partial charge in [-0.1, -0.05) is 13.8 Å². The molecule has 4 nitrogen and oxygen atoms in total. The zero-order valence-electron chi connectivity index (χ0n) is 13.9. The minimum atomic E-state index is -3.87. The fraction of sp³-hybridized carbons (Fsp3) is 0.867. The summed E-state index contributed by atoms with van der Waals surface area (Å²) in [7, 11) is 0. The number of halogens is 2. The van der Waals surface area contributed by atoms with Crippen molar-refractivity contribution in [2.75, 3.05) is 0 Å². The van der Waals surface area contributed by atoms with E-state index in [4.69, 9.17) is 9.47 Å². The molecule has 0 fully saturated rings. The Kier molecular flexibility index (Phi) is 6.32. The average Bonchev–Trinajstić information content (AvgIpc) is 2.32. The first-order valence-corrected chi connectivity index (χ1v) is 7.10. The highest BCUT2D eigenvalue weighted by molar-refractivity contribution is 5.80. The van der Waals surface area contributed by atoms with Gasteiger partial charge in [0.15, 0.2) is 6.10 Å². The van der Waals surface area contributed by atoms with Crippen molar-refractivity contribution in [3.63, 3.8) is 0 Å². The van der Waals surface area contributed by atoms with Crippen molar-refractivity contribution < 1.29 is 27.8 Å². The molecule has 0 heterocycles. The van der Waals surface area contributed by atoms with Gasteiger partial charge >= 0.3 is 17.9 Å². The van der Waals surface area contributed by atoms with Crippen LogP contribution in [0.1, 0.15) is 61.3 Å². The molecule has 0 amide bonds. The van der Waals surface area contributed by atoms with E-state index in [0.717, 1.165) is 0 Å². The minimum Gasteiger partial charge on any atom is -0.455 e. The van der Waals surface area contributed by atoms with Gasteiger partial charge in [-0.05, 0) is 47.5 Å². The number of rotatable bonds is 6. The first kappa shape index (κ1) is 19.8. The third kappa shape index (κ3) is 5.59. The van der Waals surface area contributed by atoms with E-state index in [1.54, 1.807) is 20.8 Å². The highest BCUT2D eigenvalue weighted by atomic mass is 19.3. The lowest BCUT2D eigenvalue weighted by Gasteiger charge is -2.30. The third-order valence-electron chi connectivity index (χ3n) is 3.13. The quantitative estimate of drug-likeness (QED) is 0.702. The standard InChI is InChI=1S/C15H26F2O4/c1-8-10(20-11(18)14(6,7)9-2)15(16,17)12(19)21-13(3,4)5/h10H,8-9H2,1-7H3. The van der Waals surface area contributed by atoms with Crippen LogP contribution in [0.4, 0.5) is 8.78 Å². The predicted molar refractivity (Wildman–Crippen MR) is 75.0 cm³/mol. The summed E-state index contributed by atoms with van der Waals surface area (Å²) in [6.07, 6.45) is -1.57. The number of ether oxygens (including phenoxy) is 2. The molecule has 6 heteroatoms. The first-order chi connectivity index (χ1) is 9.28. The number of hydrogen-bond donors (Lipinski definition) is 0. The summed E-state index contributed by atoms with van der Waals surface area (Å²) in [5.74, 6) is -6.30. The molecule has 0 radical (unpaired) electrons. The second-order valence-electron chi connectivity index (χ2n) is 6.66. The van der Waals surface area contributed by atoms with Crippen molar-refractivity contribution in [3.05, 3.63) is 0 Å². The van der Waals surface area contributed by atoms with Crippen molar-refractivity contribution in [2.24, 2.45) is 5.41 Å². The molecule has 0 aromatic heterocycles. The van der Waals surface area contributed by atoms with Crippen LogP contribution < -0.4 is 0 Å². The molecule has 0 spiro atoms. The monoisotopic (exact) mass is 308 g/mol. The van der Waals surface area contributed by atoms with Crippen molar-refractivity contribution in [1.29, 1.82) is 0 Å².